The molecule has 1 aromatic rings. The number of aryl methyl sites for hydroxylation is 1. The Kier molecular flexibility index (Phi) is 5.04. The van der Waals surface area contributed by atoms with Crippen molar-refractivity contribution in [1.82, 2.24) is 15.3 Å². The molecule has 6 nitrogen and oxygen atoms in total. The number of carboxylic acids is 1. The van der Waals surface area contributed by atoms with Crippen LogP contribution in [0.15, 0.2) is 12.5 Å². The van der Waals surface area contributed by atoms with Gasteiger partial charge in [0.1, 0.15) is 0 Å². The molecular weight excluding hydrogens is 210 g/mol. The third-order valence-corrected chi connectivity index (χ3v) is 2.07. The van der Waals surface area contributed by atoms with Crippen LogP contribution in [-0.4, -0.2) is 33.5 Å². The van der Waals surface area contributed by atoms with Gasteiger partial charge in [-0.1, -0.05) is 0 Å². The third-order valence-electron chi connectivity index (χ3n) is 2.07. The van der Waals surface area contributed by atoms with Crippen LogP contribution < -0.4 is 5.32 Å². The molecule has 0 saturated heterocycles. The minimum atomic E-state index is -0.841. The number of aromatic amines is 1. The topological polar surface area (TPSA) is 95.1 Å². The van der Waals surface area contributed by atoms with E-state index in [2.05, 4.69) is 15.3 Å². The van der Waals surface area contributed by atoms with Gasteiger partial charge in [-0.15, -0.1) is 0 Å². The highest BCUT2D eigenvalue weighted by atomic mass is 16.4. The summed E-state index contributed by atoms with van der Waals surface area (Å²) in [6.45, 7) is 0.411. The molecule has 1 heterocycles. The van der Waals surface area contributed by atoms with Crippen LogP contribution in [0.4, 0.5) is 0 Å². The minimum Gasteiger partial charge on any atom is -0.481 e. The number of carbonyl (C=O) groups is 2. The summed E-state index contributed by atoms with van der Waals surface area (Å²) >= 11 is 0. The zero-order valence-electron chi connectivity index (χ0n) is 8.90. The molecule has 16 heavy (non-hydrogen) atoms. The van der Waals surface area contributed by atoms with Crippen molar-refractivity contribution in [2.45, 2.75) is 25.7 Å². The molecule has 0 spiro atoms. The number of carbonyl (C=O) groups excluding carboxylic acids is 1. The zero-order valence-corrected chi connectivity index (χ0v) is 8.90. The normalized spacial score (nSPS) is 10.0. The van der Waals surface area contributed by atoms with Gasteiger partial charge in [-0.25, -0.2) is 4.98 Å². The summed E-state index contributed by atoms with van der Waals surface area (Å²) in [5.41, 5.74) is 0.917. The first kappa shape index (κ1) is 12.2. The van der Waals surface area contributed by atoms with Crippen molar-refractivity contribution in [2.24, 2.45) is 0 Å². The fourth-order valence-corrected chi connectivity index (χ4v) is 1.23. The number of nitrogens with zero attached hydrogens (tertiary/aromatic N) is 1. The van der Waals surface area contributed by atoms with Crippen molar-refractivity contribution >= 4 is 11.9 Å². The molecule has 0 aromatic carbocycles. The molecule has 0 radical (unpaired) electrons. The van der Waals surface area contributed by atoms with Gasteiger partial charge < -0.3 is 15.4 Å². The van der Waals surface area contributed by atoms with Gasteiger partial charge in [-0.2, -0.15) is 0 Å². The lowest BCUT2D eigenvalue weighted by atomic mass is 10.2. The first-order chi connectivity index (χ1) is 7.68. The molecular formula is C10H15N3O3. The van der Waals surface area contributed by atoms with E-state index >= 15 is 0 Å². The number of nitrogens with one attached hydrogen (secondary N) is 2. The minimum absolute atomic E-state index is 0.0695. The van der Waals surface area contributed by atoms with Crippen molar-refractivity contribution in [3.63, 3.8) is 0 Å². The molecule has 1 amide bonds. The van der Waals surface area contributed by atoms with Crippen molar-refractivity contribution in [3.05, 3.63) is 18.2 Å². The molecule has 0 bridgehead atoms. The van der Waals surface area contributed by atoms with E-state index < -0.39 is 5.97 Å². The average molecular weight is 225 g/mol. The van der Waals surface area contributed by atoms with Gasteiger partial charge in [0.2, 0.25) is 5.91 Å². The average Bonchev–Trinajstić information content (AvgIpc) is 2.74. The molecule has 0 aliphatic rings. The number of H-pyrrole nitrogens is 1. The largest absolute Gasteiger partial charge is 0.481 e. The van der Waals surface area contributed by atoms with Gasteiger partial charge in [-0.05, 0) is 12.8 Å². The lowest BCUT2D eigenvalue weighted by Gasteiger charge is -2.02. The predicted molar refractivity (Wildman–Crippen MR) is 56.8 cm³/mol. The van der Waals surface area contributed by atoms with Crippen LogP contribution >= 0.6 is 0 Å². The highest BCUT2D eigenvalue weighted by molar-refractivity contribution is 5.76. The van der Waals surface area contributed by atoms with Crippen LogP contribution in [0.1, 0.15) is 25.0 Å². The van der Waals surface area contributed by atoms with Gasteiger partial charge >= 0.3 is 5.97 Å². The number of imidazole rings is 1. The van der Waals surface area contributed by atoms with E-state index in [-0.39, 0.29) is 12.3 Å². The Labute approximate surface area is 93.1 Å². The molecule has 0 atom stereocenters. The Balaban J connectivity index is 2.05. The number of hydrogen-bond donors (Lipinski definition) is 3. The Bertz CT molecular complexity index is 335. The fraction of sp³-hybridized carbons (Fsp3) is 0.500. The number of hydrogen-bond acceptors (Lipinski definition) is 3. The molecule has 0 saturated carbocycles. The maximum absolute atomic E-state index is 11.3. The van der Waals surface area contributed by atoms with Crippen LogP contribution in [0, 0.1) is 0 Å². The Morgan fingerprint density at radius 3 is 2.88 bits per heavy atom. The molecule has 0 aliphatic heterocycles. The number of rotatable bonds is 7. The smallest absolute Gasteiger partial charge is 0.303 e. The van der Waals surface area contributed by atoms with Crippen LogP contribution in [0.3, 0.4) is 0 Å². The van der Waals surface area contributed by atoms with Crippen LogP contribution in [-0.2, 0) is 16.0 Å². The lowest BCUT2D eigenvalue weighted by molar-refractivity contribution is -0.137. The summed E-state index contributed by atoms with van der Waals surface area (Å²) in [6.07, 6.45) is 4.80. The van der Waals surface area contributed by atoms with E-state index in [4.69, 9.17) is 5.11 Å². The molecule has 1 aromatic heterocycles. The van der Waals surface area contributed by atoms with Crippen LogP contribution in [0.2, 0.25) is 0 Å². The second kappa shape index (κ2) is 6.60. The Morgan fingerprint density at radius 1 is 1.44 bits per heavy atom. The van der Waals surface area contributed by atoms with E-state index in [1.54, 1.807) is 12.5 Å². The Morgan fingerprint density at radius 2 is 2.25 bits per heavy atom. The molecule has 1 rings (SSSR count). The highest BCUT2D eigenvalue weighted by Gasteiger charge is 2.03. The molecule has 0 aliphatic carbocycles. The van der Waals surface area contributed by atoms with E-state index in [0.29, 0.717) is 25.8 Å². The lowest BCUT2D eigenvalue weighted by Crippen LogP contribution is -2.25. The quantitative estimate of drug-likeness (QED) is 0.582. The van der Waals surface area contributed by atoms with Gasteiger partial charge in [0.15, 0.2) is 0 Å². The van der Waals surface area contributed by atoms with Crippen molar-refractivity contribution in [3.8, 4) is 0 Å². The van der Waals surface area contributed by atoms with Crippen molar-refractivity contribution in [2.75, 3.05) is 6.54 Å². The second-order valence-corrected chi connectivity index (χ2v) is 3.42. The van der Waals surface area contributed by atoms with E-state index in [0.717, 1.165) is 5.69 Å². The van der Waals surface area contributed by atoms with Gasteiger partial charge in [0, 0.05) is 31.3 Å². The third kappa shape index (κ3) is 5.14. The summed E-state index contributed by atoms with van der Waals surface area (Å²) in [4.78, 5) is 28.2. The SMILES string of the molecule is O=C(O)CCCNC(=O)CCc1cnc[nH]1. The summed E-state index contributed by atoms with van der Waals surface area (Å²) in [5, 5.41) is 11.0. The first-order valence-electron chi connectivity index (χ1n) is 5.14. The highest BCUT2D eigenvalue weighted by Crippen LogP contribution is 1.96. The standard InChI is InChI=1S/C10H15N3O3/c14-9(12-5-1-2-10(15)16)4-3-8-6-11-7-13-8/h6-7H,1-5H2,(H,11,13)(H,12,14)(H,15,16). The number of aromatic nitrogens is 2. The van der Waals surface area contributed by atoms with Gasteiger partial charge in [0.05, 0.1) is 6.33 Å². The summed E-state index contributed by atoms with van der Waals surface area (Å²) in [7, 11) is 0. The molecule has 88 valence electrons. The van der Waals surface area contributed by atoms with Crippen molar-refractivity contribution < 1.29 is 14.7 Å². The Hall–Kier alpha value is -1.85. The predicted octanol–water partition coefficient (Wildman–Crippen LogP) is 0.323. The van der Waals surface area contributed by atoms with Crippen LogP contribution in [0.25, 0.3) is 0 Å². The summed E-state index contributed by atoms with van der Waals surface area (Å²) in [5.74, 6) is -0.910. The maximum Gasteiger partial charge on any atom is 0.303 e. The van der Waals surface area contributed by atoms with E-state index in [9.17, 15) is 9.59 Å². The van der Waals surface area contributed by atoms with E-state index in [1.165, 1.54) is 0 Å². The molecule has 6 heteroatoms. The molecule has 3 N–H and O–H groups in total. The number of amides is 1. The second-order valence-electron chi connectivity index (χ2n) is 3.42. The van der Waals surface area contributed by atoms with E-state index in [1.807, 2.05) is 0 Å². The monoisotopic (exact) mass is 225 g/mol. The maximum atomic E-state index is 11.3. The fourth-order valence-electron chi connectivity index (χ4n) is 1.23. The summed E-state index contributed by atoms with van der Waals surface area (Å²) in [6, 6.07) is 0. The number of aliphatic carboxylic acids is 1. The summed E-state index contributed by atoms with van der Waals surface area (Å²) < 4.78 is 0. The van der Waals surface area contributed by atoms with Gasteiger partial charge in [0.25, 0.3) is 0 Å². The van der Waals surface area contributed by atoms with Crippen molar-refractivity contribution in [1.29, 1.82) is 0 Å². The molecule has 0 unspecified atom stereocenters. The zero-order chi connectivity index (χ0) is 11.8. The number of carboxylic acid groups (broad SMARTS) is 1. The van der Waals surface area contributed by atoms with Gasteiger partial charge in [-0.3, -0.25) is 9.59 Å². The first-order valence-corrected chi connectivity index (χ1v) is 5.14. The van der Waals surface area contributed by atoms with Crippen LogP contribution in [0.5, 0.6) is 0 Å². The molecule has 0 fully saturated rings.